The van der Waals surface area contributed by atoms with Gasteiger partial charge in [0.15, 0.2) is 0 Å². The zero-order valence-electron chi connectivity index (χ0n) is 6.45. The molecule has 1 unspecified atom stereocenters. The lowest BCUT2D eigenvalue weighted by atomic mass is 10.4. The second-order valence-electron chi connectivity index (χ2n) is 1.98. The predicted octanol–water partition coefficient (Wildman–Crippen LogP) is 0.912. The van der Waals surface area contributed by atoms with E-state index in [0.717, 1.165) is 0 Å². The third kappa shape index (κ3) is 7.17. The van der Waals surface area contributed by atoms with Crippen LogP contribution in [0.1, 0.15) is 13.8 Å². The van der Waals surface area contributed by atoms with Gasteiger partial charge in [0, 0.05) is 6.04 Å². The molecule has 3 heteroatoms. The highest BCUT2D eigenvalue weighted by molar-refractivity contribution is 5.62. The average Bonchev–Trinajstić information content (AvgIpc) is 1.87. The van der Waals surface area contributed by atoms with Gasteiger partial charge in [0.2, 0.25) is 0 Å². The predicted molar refractivity (Wildman–Crippen MR) is 42.9 cm³/mol. The van der Waals surface area contributed by atoms with Crippen LogP contribution >= 0.6 is 0 Å². The van der Waals surface area contributed by atoms with E-state index >= 15 is 0 Å². The Morgan fingerprint density at radius 2 is 2.40 bits per heavy atom. The normalized spacial score (nSPS) is 14.7. The molecule has 0 saturated carbocycles. The van der Waals surface area contributed by atoms with Gasteiger partial charge in [-0.2, -0.15) is 0 Å². The van der Waals surface area contributed by atoms with Crippen LogP contribution in [-0.2, 0) is 4.84 Å². The first kappa shape index (κ1) is 9.17. The Hall–Kier alpha value is -0.830. The van der Waals surface area contributed by atoms with Crippen LogP contribution in [0.15, 0.2) is 17.3 Å². The van der Waals surface area contributed by atoms with Crippen molar-refractivity contribution in [1.29, 1.82) is 0 Å². The molecule has 0 aliphatic carbocycles. The fourth-order valence-corrected chi connectivity index (χ4v) is 0.321. The van der Waals surface area contributed by atoms with E-state index in [0.29, 0.717) is 6.61 Å². The first-order valence-corrected chi connectivity index (χ1v) is 3.29. The quantitative estimate of drug-likeness (QED) is 0.274. The van der Waals surface area contributed by atoms with Crippen LogP contribution in [0.2, 0.25) is 0 Å². The Balaban J connectivity index is 3.18. The van der Waals surface area contributed by atoms with Crippen molar-refractivity contribution >= 4 is 6.21 Å². The fraction of sp³-hybridized carbons (Fsp3) is 0.571. The van der Waals surface area contributed by atoms with Crippen molar-refractivity contribution in [2.24, 2.45) is 10.9 Å². The van der Waals surface area contributed by atoms with Crippen molar-refractivity contribution in [1.82, 2.24) is 0 Å². The molecule has 0 aliphatic rings. The molecule has 0 radical (unpaired) electrons. The molecule has 10 heavy (non-hydrogen) atoms. The molecule has 2 N–H and O–H groups in total. The highest BCUT2D eigenvalue weighted by atomic mass is 16.6. The van der Waals surface area contributed by atoms with Gasteiger partial charge < -0.3 is 10.6 Å². The lowest BCUT2D eigenvalue weighted by Crippen LogP contribution is -2.16. The molecule has 0 fully saturated rings. The van der Waals surface area contributed by atoms with Gasteiger partial charge in [-0.1, -0.05) is 11.2 Å². The largest absolute Gasteiger partial charge is 0.392 e. The summed E-state index contributed by atoms with van der Waals surface area (Å²) in [4.78, 5) is 4.79. The van der Waals surface area contributed by atoms with Gasteiger partial charge in [-0.15, -0.1) is 0 Å². The van der Waals surface area contributed by atoms with Crippen molar-refractivity contribution in [3.05, 3.63) is 12.2 Å². The van der Waals surface area contributed by atoms with E-state index in [1.807, 2.05) is 26.0 Å². The van der Waals surface area contributed by atoms with Crippen LogP contribution in [-0.4, -0.2) is 18.9 Å². The zero-order chi connectivity index (χ0) is 7.82. The van der Waals surface area contributed by atoms with Crippen LogP contribution in [0.4, 0.5) is 0 Å². The van der Waals surface area contributed by atoms with Gasteiger partial charge in [-0.05, 0) is 19.9 Å². The van der Waals surface area contributed by atoms with E-state index in [2.05, 4.69) is 5.16 Å². The molecule has 58 valence electrons. The second-order valence-corrected chi connectivity index (χ2v) is 1.98. The topological polar surface area (TPSA) is 47.6 Å². The minimum Gasteiger partial charge on any atom is -0.392 e. The summed E-state index contributed by atoms with van der Waals surface area (Å²) < 4.78 is 0. The first-order valence-electron chi connectivity index (χ1n) is 3.29. The number of allylic oxidation sites excluding steroid dienone is 1. The van der Waals surface area contributed by atoms with Crippen molar-refractivity contribution in [3.8, 4) is 0 Å². The van der Waals surface area contributed by atoms with E-state index < -0.39 is 0 Å². The molecule has 3 nitrogen and oxygen atoms in total. The van der Waals surface area contributed by atoms with E-state index in [-0.39, 0.29) is 6.04 Å². The Morgan fingerprint density at radius 1 is 1.70 bits per heavy atom. The number of hydrogen-bond acceptors (Lipinski definition) is 3. The van der Waals surface area contributed by atoms with E-state index in [9.17, 15) is 0 Å². The summed E-state index contributed by atoms with van der Waals surface area (Å²) in [7, 11) is 0. The summed E-state index contributed by atoms with van der Waals surface area (Å²) in [6, 6.07) is -0.0365. The third-order valence-electron chi connectivity index (χ3n) is 0.777. The summed E-state index contributed by atoms with van der Waals surface area (Å²) in [5.41, 5.74) is 5.36. The Labute approximate surface area is 61.5 Å². The van der Waals surface area contributed by atoms with Crippen LogP contribution in [0.3, 0.4) is 0 Å². The molecule has 0 aromatic rings. The van der Waals surface area contributed by atoms with Crippen LogP contribution < -0.4 is 5.73 Å². The molecule has 0 aliphatic heterocycles. The van der Waals surface area contributed by atoms with E-state index in [1.54, 1.807) is 6.21 Å². The van der Waals surface area contributed by atoms with Crippen molar-refractivity contribution in [2.75, 3.05) is 6.61 Å². The molecule has 0 bridgehead atoms. The molecular formula is C7H14N2O. The van der Waals surface area contributed by atoms with E-state index in [4.69, 9.17) is 10.6 Å². The highest BCUT2D eigenvalue weighted by Gasteiger charge is 1.82. The molecule has 0 spiro atoms. The number of rotatable bonds is 4. The van der Waals surface area contributed by atoms with Gasteiger partial charge in [-0.25, -0.2) is 0 Å². The number of hydrogen-bond donors (Lipinski definition) is 1. The summed E-state index contributed by atoms with van der Waals surface area (Å²) in [5, 5.41) is 3.61. The Morgan fingerprint density at radius 3 is 2.90 bits per heavy atom. The SMILES string of the molecule is CC=CCON=CC(C)N. The second kappa shape index (κ2) is 6.29. The van der Waals surface area contributed by atoms with Crippen LogP contribution in [0.25, 0.3) is 0 Å². The van der Waals surface area contributed by atoms with Gasteiger partial charge in [0.25, 0.3) is 0 Å². The van der Waals surface area contributed by atoms with Gasteiger partial charge in [-0.3, -0.25) is 0 Å². The summed E-state index contributed by atoms with van der Waals surface area (Å²) in [6.07, 6.45) is 5.34. The molecule has 0 aromatic carbocycles. The maximum atomic E-state index is 5.36. The molecule has 0 rings (SSSR count). The number of nitrogens with two attached hydrogens (primary N) is 1. The molecular weight excluding hydrogens is 128 g/mol. The monoisotopic (exact) mass is 142 g/mol. The minimum atomic E-state index is -0.0365. The molecule has 0 aromatic heterocycles. The zero-order valence-corrected chi connectivity index (χ0v) is 6.45. The smallest absolute Gasteiger partial charge is 0.135 e. The van der Waals surface area contributed by atoms with Gasteiger partial charge >= 0.3 is 0 Å². The Bertz CT molecular complexity index is 119. The van der Waals surface area contributed by atoms with Gasteiger partial charge in [0.1, 0.15) is 6.61 Å². The molecule has 1 atom stereocenters. The lowest BCUT2D eigenvalue weighted by Gasteiger charge is -1.93. The first-order chi connectivity index (χ1) is 4.77. The molecule has 0 saturated heterocycles. The maximum absolute atomic E-state index is 5.36. The summed E-state index contributed by atoms with van der Waals surface area (Å²) in [5.74, 6) is 0. The number of nitrogens with zero attached hydrogens (tertiary/aromatic N) is 1. The van der Waals surface area contributed by atoms with Crippen LogP contribution in [0.5, 0.6) is 0 Å². The summed E-state index contributed by atoms with van der Waals surface area (Å²) in [6.45, 7) is 4.28. The van der Waals surface area contributed by atoms with Crippen molar-refractivity contribution < 1.29 is 4.84 Å². The summed E-state index contributed by atoms with van der Waals surface area (Å²) >= 11 is 0. The highest BCUT2D eigenvalue weighted by Crippen LogP contribution is 1.77. The fourth-order valence-electron chi connectivity index (χ4n) is 0.321. The average molecular weight is 142 g/mol. The molecule has 0 heterocycles. The minimum absolute atomic E-state index is 0.0365. The van der Waals surface area contributed by atoms with Crippen LogP contribution in [0, 0.1) is 0 Å². The maximum Gasteiger partial charge on any atom is 0.135 e. The Kier molecular flexibility index (Phi) is 5.77. The molecule has 0 amide bonds. The van der Waals surface area contributed by atoms with E-state index in [1.165, 1.54) is 0 Å². The van der Waals surface area contributed by atoms with Crippen molar-refractivity contribution in [2.45, 2.75) is 19.9 Å². The van der Waals surface area contributed by atoms with Crippen molar-refractivity contribution in [3.63, 3.8) is 0 Å². The lowest BCUT2D eigenvalue weighted by molar-refractivity contribution is 0.175. The standard InChI is InChI=1S/C7H14N2O/c1-3-4-5-10-9-6-7(2)8/h3-4,6-7H,5,8H2,1-2H3. The number of oxime groups is 1. The van der Waals surface area contributed by atoms with Gasteiger partial charge in [0.05, 0.1) is 6.21 Å². The third-order valence-corrected chi connectivity index (χ3v) is 0.777.